The first kappa shape index (κ1) is 23.4. The van der Waals surface area contributed by atoms with E-state index in [0.717, 1.165) is 18.2 Å². The van der Waals surface area contributed by atoms with E-state index in [9.17, 15) is 18.7 Å². The number of carbonyl (C=O) groups excluding carboxylic acids is 1. The maximum Gasteiger partial charge on any atom is 0.227 e. The molecule has 1 aliphatic carbocycles. The molecule has 4 nitrogen and oxygen atoms in total. The van der Waals surface area contributed by atoms with Crippen molar-refractivity contribution in [2.75, 3.05) is 32.7 Å². The molecule has 5 rings (SSSR count). The van der Waals surface area contributed by atoms with Gasteiger partial charge in [-0.1, -0.05) is 50.2 Å². The second-order valence-corrected chi connectivity index (χ2v) is 10.8. The van der Waals surface area contributed by atoms with Crippen LogP contribution in [0.4, 0.5) is 8.78 Å². The van der Waals surface area contributed by atoms with Crippen LogP contribution in [0.5, 0.6) is 0 Å². The van der Waals surface area contributed by atoms with E-state index in [0.29, 0.717) is 37.7 Å². The van der Waals surface area contributed by atoms with Gasteiger partial charge in [-0.2, -0.15) is 0 Å². The largest absolute Gasteiger partial charge is 0.384 e. The molecule has 1 saturated carbocycles. The average Bonchev–Trinajstić information content (AvgIpc) is 3.54. The van der Waals surface area contributed by atoms with E-state index >= 15 is 0 Å². The summed E-state index contributed by atoms with van der Waals surface area (Å²) in [6, 6.07) is 13.4. The molecule has 6 heteroatoms. The van der Waals surface area contributed by atoms with Gasteiger partial charge in [0.15, 0.2) is 0 Å². The zero-order valence-electron chi connectivity index (χ0n) is 20.0. The first-order valence-electron chi connectivity index (χ1n) is 12.5. The monoisotopic (exact) mass is 468 g/mol. The second-order valence-electron chi connectivity index (χ2n) is 10.8. The number of aliphatic hydroxyl groups is 1. The lowest BCUT2D eigenvalue weighted by Gasteiger charge is -2.48. The van der Waals surface area contributed by atoms with Crippen molar-refractivity contribution in [2.24, 2.45) is 23.7 Å². The van der Waals surface area contributed by atoms with Crippen molar-refractivity contribution in [1.29, 1.82) is 0 Å². The van der Waals surface area contributed by atoms with Crippen LogP contribution in [0.1, 0.15) is 43.7 Å². The van der Waals surface area contributed by atoms with Crippen LogP contribution in [0, 0.1) is 35.3 Å². The Kier molecular flexibility index (Phi) is 6.23. The predicted molar refractivity (Wildman–Crippen MR) is 127 cm³/mol. The van der Waals surface area contributed by atoms with Crippen molar-refractivity contribution in [3.8, 4) is 0 Å². The van der Waals surface area contributed by atoms with Gasteiger partial charge in [-0.15, -0.1) is 0 Å². The second kappa shape index (κ2) is 9.04. The minimum Gasteiger partial charge on any atom is -0.384 e. The molecule has 0 aromatic heterocycles. The Morgan fingerprint density at radius 2 is 1.68 bits per heavy atom. The average molecular weight is 469 g/mol. The Morgan fingerprint density at radius 3 is 2.29 bits per heavy atom. The highest BCUT2D eigenvalue weighted by Gasteiger charge is 2.49. The van der Waals surface area contributed by atoms with E-state index in [-0.39, 0.29) is 29.6 Å². The third kappa shape index (κ3) is 4.27. The molecule has 3 aliphatic rings. The summed E-state index contributed by atoms with van der Waals surface area (Å²) < 4.78 is 28.4. The van der Waals surface area contributed by atoms with E-state index in [1.807, 2.05) is 49.1 Å². The van der Waals surface area contributed by atoms with Crippen LogP contribution in [-0.4, -0.2) is 53.5 Å². The maximum atomic E-state index is 14.8. The number of nitrogens with zero attached hydrogens (tertiary/aromatic N) is 2. The molecule has 2 aromatic rings. The standard InChI is InChI=1S/C28H34F2N2O2/c1-18-13-32(14-19(2)28(18,34)21-6-4-3-5-7-21)27(33)25-17-31(15-20-8-9-20)16-24(25)23-11-10-22(29)12-26(23)30/h3-7,10-12,18-20,24-25,34H,8-9,13-17H2,1-2H3/t18?,19?,24-,25+,28?/m0/s1. The lowest BCUT2D eigenvalue weighted by atomic mass is 9.70. The summed E-state index contributed by atoms with van der Waals surface area (Å²) in [4.78, 5) is 18.0. The number of halogens is 2. The third-order valence-electron chi connectivity index (χ3n) is 8.33. The van der Waals surface area contributed by atoms with Crippen molar-refractivity contribution in [2.45, 2.75) is 38.2 Å². The highest BCUT2D eigenvalue weighted by Crippen LogP contribution is 2.43. The molecular formula is C28H34F2N2O2. The fourth-order valence-corrected chi connectivity index (χ4v) is 6.26. The summed E-state index contributed by atoms with van der Waals surface area (Å²) in [6.07, 6.45) is 2.42. The topological polar surface area (TPSA) is 43.8 Å². The number of likely N-dealkylation sites (tertiary alicyclic amines) is 2. The van der Waals surface area contributed by atoms with Gasteiger partial charge in [0.1, 0.15) is 11.6 Å². The Hall–Kier alpha value is -2.31. The van der Waals surface area contributed by atoms with Crippen molar-refractivity contribution >= 4 is 5.91 Å². The van der Waals surface area contributed by atoms with Crippen LogP contribution in [0.25, 0.3) is 0 Å². The number of piperidine rings is 1. The molecule has 2 saturated heterocycles. The number of benzene rings is 2. The van der Waals surface area contributed by atoms with Gasteiger partial charge in [-0.25, -0.2) is 8.78 Å². The molecule has 1 N–H and O–H groups in total. The fourth-order valence-electron chi connectivity index (χ4n) is 6.26. The number of rotatable bonds is 5. The highest BCUT2D eigenvalue weighted by molar-refractivity contribution is 5.81. The highest BCUT2D eigenvalue weighted by atomic mass is 19.1. The quantitative estimate of drug-likeness (QED) is 0.708. The molecule has 3 fully saturated rings. The SMILES string of the molecule is CC1CN(C(=O)[C@@H]2CN(CC3CC3)C[C@H]2c2ccc(F)cc2F)CC(C)C1(O)c1ccccc1. The molecule has 0 spiro atoms. The van der Waals surface area contributed by atoms with Crippen molar-refractivity contribution in [1.82, 2.24) is 9.80 Å². The zero-order chi connectivity index (χ0) is 24.0. The molecule has 2 aliphatic heterocycles. The minimum atomic E-state index is -1.01. The van der Waals surface area contributed by atoms with E-state index in [1.165, 1.54) is 25.0 Å². The Balaban J connectivity index is 1.38. The van der Waals surface area contributed by atoms with Crippen LogP contribution in [0.15, 0.2) is 48.5 Å². The van der Waals surface area contributed by atoms with Gasteiger partial charge in [-0.3, -0.25) is 4.79 Å². The summed E-state index contributed by atoms with van der Waals surface area (Å²) in [5, 5.41) is 11.7. The van der Waals surface area contributed by atoms with Gasteiger partial charge >= 0.3 is 0 Å². The van der Waals surface area contributed by atoms with Crippen LogP contribution in [-0.2, 0) is 10.4 Å². The molecule has 34 heavy (non-hydrogen) atoms. The number of hydrogen-bond acceptors (Lipinski definition) is 3. The fraction of sp³-hybridized carbons (Fsp3) is 0.536. The summed E-state index contributed by atoms with van der Waals surface area (Å²) in [6.45, 7) is 7.03. The zero-order valence-corrected chi connectivity index (χ0v) is 20.0. The Labute approximate surface area is 200 Å². The summed E-state index contributed by atoms with van der Waals surface area (Å²) in [5.41, 5.74) is 0.301. The van der Waals surface area contributed by atoms with Crippen LogP contribution < -0.4 is 0 Å². The predicted octanol–water partition coefficient (Wildman–Crippen LogP) is 4.39. The first-order chi connectivity index (χ1) is 16.3. The molecule has 182 valence electrons. The van der Waals surface area contributed by atoms with Gasteiger partial charge < -0.3 is 14.9 Å². The Bertz CT molecular complexity index is 1030. The third-order valence-corrected chi connectivity index (χ3v) is 8.33. The minimum absolute atomic E-state index is 0.0147. The van der Waals surface area contributed by atoms with Gasteiger partial charge in [-0.05, 0) is 36.0 Å². The number of carbonyl (C=O) groups is 1. The lowest BCUT2D eigenvalue weighted by molar-refractivity contribution is -0.152. The van der Waals surface area contributed by atoms with E-state index in [2.05, 4.69) is 4.90 Å². The van der Waals surface area contributed by atoms with E-state index < -0.39 is 17.2 Å². The van der Waals surface area contributed by atoms with Crippen molar-refractivity contribution in [3.05, 3.63) is 71.3 Å². The van der Waals surface area contributed by atoms with Crippen molar-refractivity contribution in [3.63, 3.8) is 0 Å². The molecule has 2 unspecified atom stereocenters. The van der Waals surface area contributed by atoms with Gasteiger partial charge in [0.25, 0.3) is 0 Å². The molecule has 2 aromatic carbocycles. The molecule has 0 bridgehead atoms. The summed E-state index contributed by atoms with van der Waals surface area (Å²) >= 11 is 0. The van der Waals surface area contributed by atoms with Crippen molar-refractivity contribution < 1.29 is 18.7 Å². The summed E-state index contributed by atoms with van der Waals surface area (Å²) in [7, 11) is 0. The lowest BCUT2D eigenvalue weighted by Crippen LogP contribution is -2.57. The molecular weight excluding hydrogens is 434 g/mol. The number of amides is 1. The van der Waals surface area contributed by atoms with E-state index in [4.69, 9.17) is 0 Å². The normalized spacial score (nSPS) is 32.2. The molecule has 2 heterocycles. The van der Waals surface area contributed by atoms with Crippen LogP contribution >= 0.6 is 0 Å². The van der Waals surface area contributed by atoms with Crippen LogP contribution in [0.2, 0.25) is 0 Å². The molecule has 4 atom stereocenters. The van der Waals surface area contributed by atoms with Gasteiger partial charge in [0.2, 0.25) is 5.91 Å². The summed E-state index contributed by atoms with van der Waals surface area (Å²) in [5.74, 6) is -1.45. The Morgan fingerprint density at radius 1 is 1.00 bits per heavy atom. The smallest absolute Gasteiger partial charge is 0.227 e. The van der Waals surface area contributed by atoms with Crippen LogP contribution in [0.3, 0.4) is 0 Å². The molecule has 1 amide bonds. The maximum absolute atomic E-state index is 14.8. The van der Waals surface area contributed by atoms with Gasteiger partial charge in [0, 0.05) is 56.5 Å². The van der Waals surface area contributed by atoms with Gasteiger partial charge in [0.05, 0.1) is 11.5 Å². The first-order valence-corrected chi connectivity index (χ1v) is 12.5. The van der Waals surface area contributed by atoms with E-state index in [1.54, 1.807) is 0 Å². The number of hydrogen-bond donors (Lipinski definition) is 1. The molecule has 0 radical (unpaired) electrons.